The molecule has 1 aliphatic rings. The van der Waals surface area contributed by atoms with Crippen molar-refractivity contribution in [1.29, 1.82) is 0 Å². The second-order valence-electron chi connectivity index (χ2n) is 8.28. The summed E-state index contributed by atoms with van der Waals surface area (Å²) in [6.45, 7) is 6.74. The van der Waals surface area contributed by atoms with Gasteiger partial charge in [0.15, 0.2) is 11.6 Å². The number of rotatable bonds is 7. The van der Waals surface area contributed by atoms with Crippen molar-refractivity contribution in [2.24, 2.45) is 0 Å². The number of carbonyl (C=O) groups is 1. The van der Waals surface area contributed by atoms with Gasteiger partial charge in [-0.3, -0.25) is 9.36 Å². The van der Waals surface area contributed by atoms with E-state index in [4.69, 9.17) is 4.52 Å². The van der Waals surface area contributed by atoms with Crippen molar-refractivity contribution in [2.75, 3.05) is 18.8 Å². The first kappa shape index (κ1) is 23.7. The van der Waals surface area contributed by atoms with Crippen LogP contribution in [0.25, 0.3) is 5.82 Å². The van der Waals surface area contributed by atoms with Gasteiger partial charge in [0, 0.05) is 42.3 Å². The first-order valence-electron chi connectivity index (χ1n) is 11.0. The molecule has 4 heterocycles. The molecule has 0 aromatic carbocycles. The summed E-state index contributed by atoms with van der Waals surface area (Å²) in [4.78, 5) is 17.4. The molecule has 0 saturated carbocycles. The second kappa shape index (κ2) is 9.82. The fourth-order valence-electron chi connectivity index (χ4n) is 4.11. The van der Waals surface area contributed by atoms with Crippen molar-refractivity contribution in [3.63, 3.8) is 0 Å². The molecular weight excluding hydrogens is 460 g/mol. The van der Waals surface area contributed by atoms with E-state index in [1.165, 1.54) is 18.0 Å². The van der Waals surface area contributed by atoms with Crippen LogP contribution < -0.4 is 0 Å². The van der Waals surface area contributed by atoms with Gasteiger partial charge in [0.25, 0.3) is 0 Å². The number of aromatic nitrogens is 3. The van der Waals surface area contributed by atoms with Gasteiger partial charge in [-0.05, 0) is 51.8 Å². The van der Waals surface area contributed by atoms with E-state index in [2.05, 4.69) is 10.1 Å². The van der Waals surface area contributed by atoms with Crippen molar-refractivity contribution < 1.29 is 17.7 Å². The minimum absolute atomic E-state index is 0.0253. The van der Waals surface area contributed by atoms with Crippen LogP contribution in [0, 0.1) is 20.8 Å². The molecule has 0 atom stereocenters. The molecule has 4 rings (SSSR count). The molecule has 0 N–H and O–H groups in total. The van der Waals surface area contributed by atoms with E-state index in [1.807, 2.05) is 37.5 Å². The summed E-state index contributed by atoms with van der Waals surface area (Å²) in [5, 5.41) is 4.66. The number of sulfonamides is 1. The highest BCUT2D eigenvalue weighted by Gasteiger charge is 2.25. The maximum atomic E-state index is 12.9. The quantitative estimate of drug-likeness (QED) is 0.361. The molecule has 0 bridgehead atoms. The lowest BCUT2D eigenvalue weighted by Crippen LogP contribution is -2.32. The average Bonchev–Trinajstić information content (AvgIpc) is 3.20. The monoisotopic (exact) mass is 488 g/mol. The van der Waals surface area contributed by atoms with Crippen LogP contribution >= 0.6 is 11.8 Å². The third-order valence-electron chi connectivity index (χ3n) is 5.84. The van der Waals surface area contributed by atoms with Gasteiger partial charge in [0.05, 0.1) is 10.8 Å². The lowest BCUT2D eigenvalue weighted by atomic mass is 10.2. The minimum Gasteiger partial charge on any atom is -0.360 e. The summed E-state index contributed by atoms with van der Waals surface area (Å²) in [5.41, 5.74) is 2.33. The Morgan fingerprint density at radius 1 is 1.09 bits per heavy atom. The smallest absolute Gasteiger partial charge is 0.244 e. The zero-order chi connectivity index (χ0) is 23.6. The number of hydrogen-bond acceptors (Lipinski definition) is 7. The molecule has 0 unspecified atom stereocenters. The molecular formula is C23H28N4O4S2. The van der Waals surface area contributed by atoms with Crippen molar-refractivity contribution in [3.05, 3.63) is 53.2 Å². The normalized spacial score (nSPS) is 15.5. The molecule has 176 valence electrons. The predicted molar refractivity (Wildman–Crippen MR) is 127 cm³/mol. The molecule has 0 radical (unpaired) electrons. The molecule has 3 aromatic heterocycles. The van der Waals surface area contributed by atoms with Crippen LogP contribution in [0.4, 0.5) is 0 Å². The van der Waals surface area contributed by atoms with Crippen LogP contribution in [0.15, 0.2) is 44.9 Å². The van der Waals surface area contributed by atoms with Crippen molar-refractivity contribution in [2.45, 2.75) is 56.4 Å². The third-order valence-corrected chi connectivity index (χ3v) is 8.67. The Morgan fingerprint density at radius 3 is 2.42 bits per heavy atom. The van der Waals surface area contributed by atoms with Crippen LogP contribution in [0.3, 0.4) is 0 Å². The number of nitrogens with zero attached hydrogens (tertiary/aromatic N) is 4. The first-order chi connectivity index (χ1) is 15.8. The number of Topliss-reactive ketones (excluding diaryl/α,β-unsaturated/α-hetero) is 1. The highest BCUT2D eigenvalue weighted by atomic mass is 32.2. The first-order valence-corrected chi connectivity index (χ1v) is 13.4. The number of carbonyl (C=O) groups excluding carboxylic acids is 1. The molecule has 1 aliphatic heterocycles. The average molecular weight is 489 g/mol. The summed E-state index contributed by atoms with van der Waals surface area (Å²) in [5.74, 6) is 1.53. The summed E-state index contributed by atoms with van der Waals surface area (Å²) >= 11 is 1.29. The molecule has 33 heavy (non-hydrogen) atoms. The van der Waals surface area contributed by atoms with Crippen molar-refractivity contribution in [3.8, 4) is 5.82 Å². The van der Waals surface area contributed by atoms with E-state index in [0.29, 0.717) is 35.3 Å². The molecule has 8 nitrogen and oxygen atoms in total. The van der Waals surface area contributed by atoms with Crippen molar-refractivity contribution in [1.82, 2.24) is 19.0 Å². The second-order valence-corrected chi connectivity index (χ2v) is 11.2. The predicted octanol–water partition coefficient (Wildman–Crippen LogP) is 4.33. The fourth-order valence-corrected chi connectivity index (χ4v) is 6.30. The zero-order valence-electron chi connectivity index (χ0n) is 19.1. The van der Waals surface area contributed by atoms with Gasteiger partial charge in [0.2, 0.25) is 10.0 Å². The van der Waals surface area contributed by atoms with Crippen LogP contribution in [0.5, 0.6) is 0 Å². The molecule has 10 heteroatoms. The Balaban J connectivity index is 1.43. The van der Waals surface area contributed by atoms with Crippen molar-refractivity contribution >= 4 is 27.6 Å². The number of thioether (sulfide) groups is 1. The van der Waals surface area contributed by atoms with E-state index < -0.39 is 10.0 Å². The molecule has 3 aromatic rings. The molecule has 0 amide bonds. The Labute approximate surface area is 198 Å². The Hall–Kier alpha value is -2.43. The van der Waals surface area contributed by atoms with Gasteiger partial charge in [-0.2, -0.15) is 4.31 Å². The zero-order valence-corrected chi connectivity index (χ0v) is 20.7. The minimum atomic E-state index is -3.53. The lowest BCUT2D eigenvalue weighted by molar-refractivity contribution is 0.102. The number of ketones is 1. The highest BCUT2D eigenvalue weighted by Crippen LogP contribution is 2.25. The van der Waals surface area contributed by atoms with Gasteiger partial charge in [-0.1, -0.05) is 29.8 Å². The van der Waals surface area contributed by atoms with Gasteiger partial charge in [-0.15, -0.1) is 0 Å². The summed E-state index contributed by atoms with van der Waals surface area (Å²) < 4.78 is 34.4. The van der Waals surface area contributed by atoms with Gasteiger partial charge >= 0.3 is 0 Å². The summed E-state index contributed by atoms with van der Waals surface area (Å²) in [7, 11) is -3.53. The van der Waals surface area contributed by atoms with E-state index in [0.717, 1.165) is 37.1 Å². The van der Waals surface area contributed by atoms with Crippen LogP contribution in [-0.2, 0) is 10.0 Å². The lowest BCUT2D eigenvalue weighted by Gasteiger charge is -2.19. The number of hydrogen-bond donors (Lipinski definition) is 0. The molecule has 1 saturated heterocycles. The largest absolute Gasteiger partial charge is 0.360 e. The van der Waals surface area contributed by atoms with Crippen LogP contribution in [-0.4, -0.2) is 52.1 Å². The Bertz CT molecular complexity index is 1240. The van der Waals surface area contributed by atoms with E-state index in [1.54, 1.807) is 16.4 Å². The Morgan fingerprint density at radius 2 is 1.82 bits per heavy atom. The van der Waals surface area contributed by atoms with Gasteiger partial charge in [-0.25, -0.2) is 13.4 Å². The topological polar surface area (TPSA) is 98.3 Å². The molecule has 1 fully saturated rings. The molecule has 0 spiro atoms. The van der Waals surface area contributed by atoms with E-state index in [-0.39, 0.29) is 16.4 Å². The molecule has 0 aliphatic carbocycles. The number of pyridine rings is 1. The highest BCUT2D eigenvalue weighted by molar-refractivity contribution is 7.99. The fraction of sp³-hybridized carbons (Fsp3) is 0.435. The third kappa shape index (κ3) is 5.07. The Kier molecular flexibility index (Phi) is 7.06. The standard InChI is InChI=1S/C23H28N4O4S2/c1-16-12-20(18(3)27(16)22-13-17(2)31-25-22)21(28)15-32-23-9-8-19(14-24-23)33(29,30)26-10-6-4-5-7-11-26/h8-9,12-14H,4-7,10-11,15H2,1-3H3. The van der Waals surface area contributed by atoms with Gasteiger partial charge in [0.1, 0.15) is 10.7 Å². The van der Waals surface area contributed by atoms with E-state index in [9.17, 15) is 13.2 Å². The van der Waals surface area contributed by atoms with E-state index >= 15 is 0 Å². The van der Waals surface area contributed by atoms with Gasteiger partial charge < -0.3 is 4.52 Å². The maximum Gasteiger partial charge on any atom is 0.244 e. The van der Waals surface area contributed by atoms with Crippen LogP contribution in [0.1, 0.15) is 53.2 Å². The van der Waals surface area contributed by atoms with Crippen LogP contribution in [0.2, 0.25) is 0 Å². The number of aryl methyl sites for hydroxylation is 2. The maximum absolute atomic E-state index is 12.9. The summed E-state index contributed by atoms with van der Waals surface area (Å²) in [6, 6.07) is 6.93. The summed E-state index contributed by atoms with van der Waals surface area (Å²) in [6.07, 6.45) is 5.30. The SMILES string of the molecule is Cc1cc(-n2c(C)cc(C(=O)CSc3ccc(S(=O)(=O)N4CCCCCC4)cn3)c2C)no1.